The molecule has 2 heterocycles. The summed E-state index contributed by atoms with van der Waals surface area (Å²) in [6.45, 7) is 1.95. The molecule has 0 fully saturated rings. The molecule has 2 N–H and O–H groups in total. The standard InChI is InChI=1S/C13H17N3O.C12H9N3O/c1-10-12(14(2)3)13(17)16(15(10)4)11-8-6-5-7-9-11;13-7-5-6-10-11(12(7)16)15-9-4-2-1-3-8(9)14-10/h5-9H,1-4H3;1-7H,13H2. The summed E-state index contributed by atoms with van der Waals surface area (Å²) in [7, 11) is 5.68. The van der Waals surface area contributed by atoms with Crippen LogP contribution >= 0.6 is 0 Å². The lowest BCUT2D eigenvalue weighted by atomic mass is 10.0. The number of nitrogens with zero attached hydrogens (tertiary/aromatic N) is 5. The number of nitrogens with two attached hydrogens (primary N) is 1. The summed E-state index contributed by atoms with van der Waals surface area (Å²) in [6.07, 6.45) is 3.40. The van der Waals surface area contributed by atoms with Crippen LogP contribution in [0.5, 0.6) is 0 Å². The molecule has 0 radical (unpaired) electrons. The van der Waals surface area contributed by atoms with Crippen LogP contribution in [0.1, 0.15) is 21.9 Å². The molecule has 0 spiro atoms. The Morgan fingerprint density at radius 2 is 1.55 bits per heavy atom. The zero-order valence-electron chi connectivity index (χ0n) is 19.1. The van der Waals surface area contributed by atoms with Crippen LogP contribution in [0.15, 0.2) is 65.5 Å². The van der Waals surface area contributed by atoms with E-state index >= 15 is 0 Å². The van der Waals surface area contributed by atoms with E-state index in [4.69, 9.17) is 5.73 Å². The van der Waals surface area contributed by atoms with Crippen molar-refractivity contribution in [2.45, 2.75) is 13.0 Å². The molecule has 0 amide bonds. The zero-order chi connectivity index (χ0) is 23.7. The number of Topliss-reactive ketones (excluding diaryl/α,β-unsaturated/α-hetero) is 1. The second kappa shape index (κ2) is 8.84. The second-order valence-corrected chi connectivity index (χ2v) is 8.00. The van der Waals surface area contributed by atoms with E-state index in [2.05, 4.69) is 9.97 Å². The van der Waals surface area contributed by atoms with Crippen LogP contribution in [-0.4, -0.2) is 45.3 Å². The maximum absolute atomic E-state index is 12.4. The van der Waals surface area contributed by atoms with Gasteiger partial charge in [-0.3, -0.25) is 14.3 Å². The lowest BCUT2D eigenvalue weighted by Gasteiger charge is -2.13. The number of anilines is 1. The number of hydrogen-bond acceptors (Lipinski definition) is 6. The predicted molar refractivity (Wildman–Crippen MR) is 131 cm³/mol. The molecule has 1 unspecified atom stereocenters. The third kappa shape index (κ3) is 4.08. The van der Waals surface area contributed by atoms with Crippen LogP contribution in [0.25, 0.3) is 22.8 Å². The second-order valence-electron chi connectivity index (χ2n) is 8.00. The molecule has 2 aromatic carbocycles. The Labute approximate surface area is 191 Å². The molecular formula is C25H26N6O2. The lowest BCUT2D eigenvalue weighted by Crippen LogP contribution is -2.32. The molecule has 1 aliphatic rings. The third-order valence-corrected chi connectivity index (χ3v) is 5.57. The number of aromatic nitrogens is 4. The Bertz CT molecular complexity index is 1420. The van der Waals surface area contributed by atoms with E-state index in [1.165, 1.54) is 0 Å². The molecule has 0 bridgehead atoms. The van der Waals surface area contributed by atoms with Gasteiger partial charge >= 0.3 is 0 Å². The van der Waals surface area contributed by atoms with E-state index in [9.17, 15) is 9.59 Å². The van der Waals surface area contributed by atoms with Gasteiger partial charge in [0.05, 0.1) is 34.2 Å². The van der Waals surface area contributed by atoms with Crippen molar-refractivity contribution in [2.24, 2.45) is 12.8 Å². The molecule has 0 aliphatic heterocycles. The Kier molecular flexibility index (Phi) is 5.93. The van der Waals surface area contributed by atoms with Crippen molar-refractivity contribution in [2.75, 3.05) is 19.0 Å². The minimum Gasteiger partial charge on any atom is -0.372 e. The fraction of sp³-hybridized carbons (Fsp3) is 0.200. The molecule has 2 aromatic heterocycles. The number of hydrogen-bond donors (Lipinski definition) is 1. The van der Waals surface area contributed by atoms with Crippen molar-refractivity contribution < 1.29 is 4.79 Å². The smallest absolute Gasteiger partial charge is 0.295 e. The zero-order valence-corrected chi connectivity index (χ0v) is 19.1. The van der Waals surface area contributed by atoms with Gasteiger partial charge in [-0.05, 0) is 37.3 Å². The Balaban J connectivity index is 0.000000157. The SMILES string of the molecule is Cc1c(N(C)C)c(=O)n(-c2ccccc2)n1C.NC1C=Cc2nc3ccccc3nc2C1=O. The van der Waals surface area contributed by atoms with Crippen LogP contribution in [0.4, 0.5) is 5.69 Å². The van der Waals surface area contributed by atoms with Crippen LogP contribution in [0.3, 0.4) is 0 Å². The molecule has 33 heavy (non-hydrogen) atoms. The normalized spacial score (nSPS) is 14.6. The van der Waals surface area contributed by atoms with Crippen molar-refractivity contribution in [3.8, 4) is 5.69 Å². The summed E-state index contributed by atoms with van der Waals surface area (Å²) in [5, 5.41) is 0. The Morgan fingerprint density at radius 3 is 2.15 bits per heavy atom. The molecule has 4 aromatic rings. The van der Waals surface area contributed by atoms with Gasteiger partial charge in [-0.2, -0.15) is 0 Å². The van der Waals surface area contributed by atoms with Crippen LogP contribution in [0, 0.1) is 6.92 Å². The van der Waals surface area contributed by atoms with Gasteiger partial charge < -0.3 is 10.6 Å². The highest BCUT2D eigenvalue weighted by Gasteiger charge is 2.23. The summed E-state index contributed by atoms with van der Waals surface area (Å²) >= 11 is 0. The molecule has 0 saturated carbocycles. The van der Waals surface area contributed by atoms with Gasteiger partial charge in [0.15, 0.2) is 0 Å². The van der Waals surface area contributed by atoms with E-state index < -0.39 is 6.04 Å². The van der Waals surface area contributed by atoms with Crippen molar-refractivity contribution >= 4 is 28.6 Å². The first-order valence-corrected chi connectivity index (χ1v) is 10.6. The highest BCUT2D eigenvalue weighted by Crippen LogP contribution is 2.19. The average molecular weight is 443 g/mol. The number of carbonyl (C=O) groups excluding carboxylic acids is 1. The van der Waals surface area contributed by atoms with Crippen molar-refractivity contribution in [3.05, 3.63) is 88.1 Å². The number of carbonyl (C=O) groups is 1. The number of rotatable bonds is 2. The first-order valence-electron chi connectivity index (χ1n) is 10.6. The molecule has 0 saturated heterocycles. The highest BCUT2D eigenvalue weighted by molar-refractivity contribution is 6.05. The maximum Gasteiger partial charge on any atom is 0.295 e. The lowest BCUT2D eigenvalue weighted by molar-refractivity contribution is 0.0971. The largest absolute Gasteiger partial charge is 0.372 e. The average Bonchev–Trinajstić information content (AvgIpc) is 3.04. The topological polar surface area (TPSA) is 99.0 Å². The van der Waals surface area contributed by atoms with E-state index in [0.717, 1.165) is 28.1 Å². The van der Waals surface area contributed by atoms with Crippen LogP contribution in [0.2, 0.25) is 0 Å². The highest BCUT2D eigenvalue weighted by atomic mass is 16.1. The summed E-state index contributed by atoms with van der Waals surface area (Å²) in [5.74, 6) is -0.171. The summed E-state index contributed by atoms with van der Waals surface area (Å²) in [4.78, 5) is 34.7. The van der Waals surface area contributed by atoms with E-state index in [0.29, 0.717) is 11.4 Å². The van der Waals surface area contributed by atoms with Crippen LogP contribution in [-0.2, 0) is 7.05 Å². The summed E-state index contributed by atoms with van der Waals surface area (Å²) in [6, 6.07) is 16.5. The van der Waals surface area contributed by atoms with Gasteiger partial charge in [0, 0.05) is 21.1 Å². The monoisotopic (exact) mass is 442 g/mol. The van der Waals surface area contributed by atoms with Gasteiger partial charge in [0.25, 0.3) is 5.56 Å². The van der Waals surface area contributed by atoms with E-state index in [1.54, 1.807) is 16.8 Å². The van der Waals surface area contributed by atoms with Gasteiger partial charge in [-0.1, -0.05) is 36.4 Å². The molecule has 168 valence electrons. The van der Waals surface area contributed by atoms with Gasteiger partial charge in [-0.25, -0.2) is 14.6 Å². The van der Waals surface area contributed by atoms with Gasteiger partial charge in [-0.15, -0.1) is 0 Å². The quantitative estimate of drug-likeness (QED) is 0.513. The number of benzene rings is 2. The van der Waals surface area contributed by atoms with Crippen molar-refractivity contribution in [1.29, 1.82) is 0 Å². The van der Waals surface area contributed by atoms with Gasteiger partial charge in [0.2, 0.25) is 5.78 Å². The number of fused-ring (bicyclic) bond motifs is 2. The molecule has 1 aliphatic carbocycles. The first-order chi connectivity index (χ1) is 15.8. The fourth-order valence-corrected chi connectivity index (χ4v) is 3.82. The van der Waals surface area contributed by atoms with Gasteiger partial charge in [0.1, 0.15) is 11.4 Å². The minimum atomic E-state index is -0.594. The van der Waals surface area contributed by atoms with E-state index in [1.807, 2.05) is 92.2 Å². The Morgan fingerprint density at radius 1 is 0.939 bits per heavy atom. The van der Waals surface area contributed by atoms with Crippen molar-refractivity contribution in [3.63, 3.8) is 0 Å². The molecule has 8 heteroatoms. The molecule has 1 atom stereocenters. The predicted octanol–water partition coefficient (Wildman–Crippen LogP) is 2.72. The first kappa shape index (κ1) is 22.2. The summed E-state index contributed by atoms with van der Waals surface area (Å²) in [5.41, 5.74) is 10.7. The summed E-state index contributed by atoms with van der Waals surface area (Å²) < 4.78 is 3.57. The van der Waals surface area contributed by atoms with Crippen LogP contribution < -0.4 is 16.2 Å². The number of para-hydroxylation sites is 3. The van der Waals surface area contributed by atoms with Crippen molar-refractivity contribution in [1.82, 2.24) is 19.3 Å². The minimum absolute atomic E-state index is 0.0150. The Hall–Kier alpha value is -4.04. The maximum atomic E-state index is 12.4. The molecular weight excluding hydrogens is 416 g/mol. The van der Waals surface area contributed by atoms with E-state index in [-0.39, 0.29) is 11.3 Å². The molecule has 5 rings (SSSR count). The fourth-order valence-electron chi connectivity index (χ4n) is 3.82. The third-order valence-electron chi connectivity index (χ3n) is 5.57. The number of ketones is 1. The molecule has 8 nitrogen and oxygen atoms in total.